The lowest BCUT2D eigenvalue weighted by Gasteiger charge is -2.32. The van der Waals surface area contributed by atoms with Gasteiger partial charge in [-0.3, -0.25) is 4.72 Å². The van der Waals surface area contributed by atoms with Gasteiger partial charge in [0.2, 0.25) is 5.95 Å². The molecule has 1 aliphatic rings. The Labute approximate surface area is 252 Å². The maximum absolute atomic E-state index is 15.7. The minimum atomic E-state index is -4.46. The molecule has 4 aromatic rings. The predicted octanol–water partition coefficient (Wildman–Crippen LogP) is 6.46. The van der Waals surface area contributed by atoms with Crippen molar-refractivity contribution in [3.63, 3.8) is 0 Å². The van der Waals surface area contributed by atoms with E-state index in [4.69, 9.17) is 23.2 Å². The van der Waals surface area contributed by atoms with Crippen LogP contribution < -0.4 is 10.0 Å². The summed E-state index contributed by atoms with van der Waals surface area (Å²) < 4.78 is 59.0. The normalized spacial score (nSPS) is 17.5. The highest BCUT2D eigenvalue weighted by Crippen LogP contribution is 2.35. The van der Waals surface area contributed by atoms with E-state index in [2.05, 4.69) is 39.0 Å². The van der Waals surface area contributed by atoms with Crippen LogP contribution in [0, 0.1) is 11.6 Å². The van der Waals surface area contributed by atoms with Crippen molar-refractivity contribution in [1.29, 1.82) is 0 Å². The summed E-state index contributed by atoms with van der Waals surface area (Å²) in [6, 6.07) is 9.88. The fourth-order valence-corrected chi connectivity index (χ4v) is 7.19. The number of rotatable bonds is 8. The number of sulfonamides is 1. The zero-order valence-corrected chi connectivity index (χ0v) is 25.2. The van der Waals surface area contributed by atoms with Crippen molar-refractivity contribution in [2.24, 2.45) is 0 Å². The maximum Gasteiger partial charge on any atom is 0.263 e. The van der Waals surface area contributed by atoms with Gasteiger partial charge in [-0.1, -0.05) is 29.3 Å². The molecule has 5 rings (SSSR count). The molecule has 13 heteroatoms. The molecule has 222 valence electrons. The molecule has 3 N–H and O–H groups in total. The summed E-state index contributed by atoms with van der Waals surface area (Å²) in [7, 11) is -0.274. The lowest BCUT2D eigenvalue weighted by atomic mass is 9.91. The summed E-state index contributed by atoms with van der Waals surface area (Å²) in [4.78, 5) is 10.8. The van der Waals surface area contributed by atoms with E-state index in [1.165, 1.54) is 12.1 Å². The molecule has 0 spiro atoms. The van der Waals surface area contributed by atoms with Crippen LogP contribution in [0.1, 0.15) is 31.2 Å². The molecule has 0 atom stereocenters. The molecule has 0 bridgehead atoms. The number of nitrogens with zero attached hydrogens (tertiary/aromatic N) is 3. The largest absolute Gasteiger partial charge is 0.392 e. The number of fused-ring (bicyclic) bond motifs is 1. The smallest absolute Gasteiger partial charge is 0.263 e. The molecule has 1 saturated carbocycles. The van der Waals surface area contributed by atoms with Crippen molar-refractivity contribution in [3.8, 4) is 11.1 Å². The molecule has 1 aromatic heterocycles. The van der Waals surface area contributed by atoms with Gasteiger partial charge in [0, 0.05) is 28.7 Å². The standard InChI is InChI=1S/C29H29Cl2F2N5O3S/c1-38(2)21-6-4-20(5-7-21)35-29-34-14-17-11-16(3-9-23(17)36-29)26-22(32)8-10-24(28(26)33)37-42(40,41)25-13-19(30)12-18(15-39)27(25)31/h3,8-14,20-21,37,39H,4-7,15H2,1-2H3,(H,34,35,36). The predicted molar refractivity (Wildman–Crippen MR) is 161 cm³/mol. The number of nitrogens with one attached hydrogen (secondary N) is 2. The van der Waals surface area contributed by atoms with Gasteiger partial charge in [-0.25, -0.2) is 27.2 Å². The first kappa shape index (κ1) is 30.4. The van der Waals surface area contributed by atoms with Crippen LogP contribution in [0.25, 0.3) is 22.0 Å². The molecule has 0 aliphatic heterocycles. The molecular weight excluding hydrogens is 607 g/mol. The topological polar surface area (TPSA) is 107 Å². The van der Waals surface area contributed by atoms with Gasteiger partial charge in [0.15, 0.2) is 5.82 Å². The first-order valence-corrected chi connectivity index (χ1v) is 15.5. The first-order chi connectivity index (χ1) is 20.0. The van der Waals surface area contributed by atoms with E-state index in [1.807, 2.05) is 0 Å². The number of benzene rings is 3. The van der Waals surface area contributed by atoms with Crippen LogP contribution in [0.5, 0.6) is 0 Å². The Kier molecular flexibility index (Phi) is 8.86. The van der Waals surface area contributed by atoms with Crippen LogP contribution in [-0.4, -0.2) is 54.6 Å². The number of hydrogen-bond donors (Lipinski definition) is 3. The molecule has 0 amide bonds. The van der Waals surface area contributed by atoms with E-state index in [1.54, 1.807) is 18.3 Å². The Morgan fingerprint density at radius 1 is 1.05 bits per heavy atom. The van der Waals surface area contributed by atoms with Crippen molar-refractivity contribution in [2.45, 2.75) is 49.3 Å². The first-order valence-electron chi connectivity index (χ1n) is 13.3. The van der Waals surface area contributed by atoms with Crippen molar-refractivity contribution < 1.29 is 22.3 Å². The summed E-state index contributed by atoms with van der Waals surface area (Å²) in [6.45, 7) is -0.558. The van der Waals surface area contributed by atoms with Crippen molar-refractivity contribution in [1.82, 2.24) is 14.9 Å². The van der Waals surface area contributed by atoms with Crippen molar-refractivity contribution >= 4 is 55.8 Å². The zero-order valence-electron chi connectivity index (χ0n) is 22.8. The van der Waals surface area contributed by atoms with Crippen LogP contribution in [0.2, 0.25) is 10.0 Å². The summed E-state index contributed by atoms with van der Waals surface area (Å²) >= 11 is 12.1. The van der Waals surface area contributed by atoms with E-state index in [9.17, 15) is 17.9 Å². The second-order valence-electron chi connectivity index (χ2n) is 10.5. The van der Waals surface area contributed by atoms with Gasteiger partial charge < -0.3 is 15.3 Å². The number of aliphatic hydroxyl groups excluding tert-OH is 1. The van der Waals surface area contributed by atoms with E-state index in [0.29, 0.717) is 22.9 Å². The highest BCUT2D eigenvalue weighted by Gasteiger charge is 2.25. The number of anilines is 2. The van der Waals surface area contributed by atoms with Crippen LogP contribution in [0.3, 0.4) is 0 Å². The number of aliphatic hydroxyl groups is 1. The lowest BCUT2D eigenvalue weighted by molar-refractivity contribution is 0.221. The monoisotopic (exact) mass is 635 g/mol. The molecule has 0 unspecified atom stereocenters. The second kappa shape index (κ2) is 12.3. The van der Waals surface area contributed by atoms with Crippen LogP contribution in [-0.2, 0) is 16.6 Å². The van der Waals surface area contributed by atoms with Crippen molar-refractivity contribution in [3.05, 3.63) is 75.9 Å². The molecule has 0 radical (unpaired) electrons. The van der Waals surface area contributed by atoms with Gasteiger partial charge >= 0.3 is 0 Å². The van der Waals surface area contributed by atoms with E-state index in [0.717, 1.165) is 43.9 Å². The number of aromatic nitrogens is 2. The third-order valence-electron chi connectivity index (χ3n) is 7.50. The Bertz CT molecular complexity index is 1750. The maximum atomic E-state index is 15.7. The lowest BCUT2D eigenvalue weighted by Crippen LogP contribution is -2.36. The molecule has 0 saturated heterocycles. The Morgan fingerprint density at radius 3 is 2.48 bits per heavy atom. The van der Waals surface area contributed by atoms with Gasteiger partial charge in [-0.15, -0.1) is 0 Å². The summed E-state index contributed by atoms with van der Waals surface area (Å²) in [5, 5.41) is 13.2. The van der Waals surface area contributed by atoms with Gasteiger partial charge in [0.05, 0.1) is 28.4 Å². The number of halogens is 4. The molecule has 3 aromatic carbocycles. The SMILES string of the molecule is CN(C)C1CCC(Nc2ncc3cc(-c4c(F)ccc(NS(=O)(=O)c5cc(Cl)cc(CO)c5Cl)c4F)ccc3n2)CC1. The summed E-state index contributed by atoms with van der Waals surface area (Å²) in [6.07, 6.45) is 5.78. The fraction of sp³-hybridized carbons (Fsp3) is 0.310. The molecule has 8 nitrogen and oxygen atoms in total. The van der Waals surface area contributed by atoms with Crippen LogP contribution >= 0.6 is 23.2 Å². The average Bonchev–Trinajstić information content (AvgIpc) is 2.96. The van der Waals surface area contributed by atoms with E-state index in [-0.39, 0.29) is 27.2 Å². The van der Waals surface area contributed by atoms with Crippen molar-refractivity contribution in [2.75, 3.05) is 24.1 Å². The third kappa shape index (κ3) is 6.30. The average molecular weight is 637 g/mol. The third-order valence-corrected chi connectivity index (χ3v) is 9.67. The molecular formula is C29H29Cl2F2N5O3S. The quantitative estimate of drug-likeness (QED) is 0.204. The summed E-state index contributed by atoms with van der Waals surface area (Å²) in [5.41, 5.74) is -0.0734. The zero-order chi connectivity index (χ0) is 30.2. The molecule has 42 heavy (non-hydrogen) atoms. The molecule has 1 fully saturated rings. The highest BCUT2D eigenvalue weighted by atomic mass is 35.5. The Hall–Kier alpha value is -3.09. The summed E-state index contributed by atoms with van der Waals surface area (Å²) in [5.74, 6) is -1.52. The van der Waals surface area contributed by atoms with Gasteiger partial charge in [0.25, 0.3) is 10.0 Å². The van der Waals surface area contributed by atoms with E-state index < -0.39 is 44.4 Å². The van der Waals surface area contributed by atoms with Crippen LogP contribution in [0.15, 0.2) is 53.6 Å². The minimum absolute atomic E-state index is 0.0116. The fourth-order valence-electron chi connectivity index (χ4n) is 5.20. The number of hydrogen-bond acceptors (Lipinski definition) is 7. The molecule has 1 aliphatic carbocycles. The van der Waals surface area contributed by atoms with Gasteiger partial charge in [-0.2, -0.15) is 0 Å². The highest BCUT2D eigenvalue weighted by molar-refractivity contribution is 7.92. The van der Waals surface area contributed by atoms with E-state index >= 15 is 4.39 Å². The van der Waals surface area contributed by atoms with Gasteiger partial charge in [0.1, 0.15) is 10.7 Å². The van der Waals surface area contributed by atoms with Crippen LogP contribution in [0.4, 0.5) is 20.4 Å². The second-order valence-corrected chi connectivity index (χ2v) is 13.0. The molecule has 1 heterocycles. The Balaban J connectivity index is 1.40. The minimum Gasteiger partial charge on any atom is -0.392 e. The van der Waals surface area contributed by atoms with Gasteiger partial charge in [-0.05, 0) is 87.3 Å². The Morgan fingerprint density at radius 2 is 1.79 bits per heavy atom.